The van der Waals surface area contributed by atoms with Crippen LogP contribution < -0.4 is 0 Å². The molecule has 1 amide bonds. The van der Waals surface area contributed by atoms with Gasteiger partial charge >= 0.3 is 0 Å². The van der Waals surface area contributed by atoms with Crippen molar-refractivity contribution in [1.82, 2.24) is 15.1 Å². The molecule has 0 fully saturated rings. The van der Waals surface area contributed by atoms with E-state index in [1.165, 1.54) is 11.3 Å². The Morgan fingerprint density at radius 3 is 2.95 bits per heavy atom. The van der Waals surface area contributed by atoms with Crippen molar-refractivity contribution in [3.05, 3.63) is 52.1 Å². The van der Waals surface area contributed by atoms with Crippen molar-refractivity contribution in [1.29, 1.82) is 0 Å². The SMILES string of the molecule is CN(Cc1cn[nH]c1)C(=O)c1sc2ccccc2c1Cl. The van der Waals surface area contributed by atoms with Gasteiger partial charge in [0.1, 0.15) is 4.88 Å². The number of amides is 1. The maximum Gasteiger partial charge on any atom is 0.265 e. The predicted octanol–water partition coefficient (Wildman–Crippen LogP) is 3.55. The summed E-state index contributed by atoms with van der Waals surface area (Å²) in [5, 5.41) is 8.07. The molecule has 102 valence electrons. The van der Waals surface area contributed by atoms with Gasteiger partial charge in [0.05, 0.1) is 11.2 Å². The van der Waals surface area contributed by atoms with Crippen LogP contribution in [0.5, 0.6) is 0 Å². The van der Waals surface area contributed by atoms with E-state index < -0.39 is 0 Å². The van der Waals surface area contributed by atoms with E-state index in [-0.39, 0.29) is 5.91 Å². The van der Waals surface area contributed by atoms with Crippen LogP contribution in [0.3, 0.4) is 0 Å². The molecule has 0 aliphatic heterocycles. The molecule has 1 aromatic carbocycles. The monoisotopic (exact) mass is 305 g/mol. The molecule has 0 radical (unpaired) electrons. The second kappa shape index (κ2) is 5.26. The van der Waals surface area contributed by atoms with Crippen molar-refractivity contribution in [3.63, 3.8) is 0 Å². The van der Waals surface area contributed by atoms with Gasteiger partial charge in [0.2, 0.25) is 0 Å². The van der Waals surface area contributed by atoms with Crippen LogP contribution in [0.15, 0.2) is 36.7 Å². The molecule has 0 aliphatic carbocycles. The number of nitrogens with zero attached hydrogens (tertiary/aromatic N) is 2. The van der Waals surface area contributed by atoms with E-state index in [0.717, 1.165) is 15.6 Å². The smallest absolute Gasteiger partial charge is 0.265 e. The number of aromatic nitrogens is 2. The van der Waals surface area contributed by atoms with Gasteiger partial charge < -0.3 is 4.90 Å². The third-order valence-corrected chi connectivity index (χ3v) is 4.71. The van der Waals surface area contributed by atoms with E-state index in [1.807, 2.05) is 24.3 Å². The second-order valence-corrected chi connectivity index (χ2v) is 5.94. The number of benzene rings is 1. The summed E-state index contributed by atoms with van der Waals surface area (Å²) in [5.74, 6) is -0.0719. The van der Waals surface area contributed by atoms with Crippen molar-refractivity contribution in [2.45, 2.75) is 6.54 Å². The van der Waals surface area contributed by atoms with Crippen molar-refractivity contribution >= 4 is 38.9 Å². The molecule has 1 N–H and O–H groups in total. The van der Waals surface area contributed by atoms with Crippen molar-refractivity contribution in [3.8, 4) is 0 Å². The normalized spacial score (nSPS) is 10.9. The number of rotatable bonds is 3. The maximum atomic E-state index is 12.5. The zero-order chi connectivity index (χ0) is 14.1. The number of fused-ring (bicyclic) bond motifs is 1. The number of halogens is 1. The first kappa shape index (κ1) is 13.1. The van der Waals surface area contributed by atoms with Gasteiger partial charge in [0.15, 0.2) is 0 Å². The summed E-state index contributed by atoms with van der Waals surface area (Å²) in [6, 6.07) is 7.77. The molecule has 4 nitrogen and oxygen atoms in total. The molecule has 0 unspecified atom stereocenters. The molecule has 2 aromatic heterocycles. The molecule has 3 rings (SSSR count). The minimum Gasteiger partial charge on any atom is -0.337 e. The Bertz CT molecular complexity index is 751. The highest BCUT2D eigenvalue weighted by Crippen LogP contribution is 2.35. The minimum atomic E-state index is -0.0719. The molecule has 0 aliphatic rings. The van der Waals surface area contributed by atoms with E-state index in [9.17, 15) is 4.79 Å². The number of nitrogens with one attached hydrogen (secondary N) is 1. The highest BCUT2D eigenvalue weighted by Gasteiger charge is 2.20. The third kappa shape index (κ3) is 2.30. The Kier molecular flexibility index (Phi) is 3.46. The van der Waals surface area contributed by atoms with E-state index in [1.54, 1.807) is 24.3 Å². The summed E-state index contributed by atoms with van der Waals surface area (Å²) in [4.78, 5) is 14.7. The molecular formula is C14H12ClN3OS. The van der Waals surface area contributed by atoms with Crippen molar-refractivity contribution < 1.29 is 4.79 Å². The number of hydrogen-bond acceptors (Lipinski definition) is 3. The molecule has 0 bridgehead atoms. The van der Waals surface area contributed by atoms with Gasteiger partial charge in [-0.15, -0.1) is 11.3 Å². The maximum absolute atomic E-state index is 12.5. The average Bonchev–Trinajstić information content (AvgIpc) is 3.07. The molecule has 2 heterocycles. The van der Waals surface area contributed by atoms with Gasteiger partial charge in [0.25, 0.3) is 5.91 Å². The van der Waals surface area contributed by atoms with Crippen LogP contribution in [0.2, 0.25) is 5.02 Å². The number of aromatic amines is 1. The zero-order valence-electron chi connectivity index (χ0n) is 10.8. The lowest BCUT2D eigenvalue weighted by Gasteiger charge is -2.15. The Hall–Kier alpha value is -1.85. The molecule has 0 saturated heterocycles. The summed E-state index contributed by atoms with van der Waals surface area (Å²) in [6.45, 7) is 0.500. The van der Waals surface area contributed by atoms with Crippen LogP contribution >= 0.6 is 22.9 Å². The fraction of sp³-hybridized carbons (Fsp3) is 0.143. The Morgan fingerprint density at radius 2 is 2.25 bits per heavy atom. The summed E-state index contributed by atoms with van der Waals surface area (Å²) in [7, 11) is 1.76. The van der Waals surface area contributed by atoms with Gasteiger partial charge in [-0.25, -0.2) is 0 Å². The molecule has 0 saturated carbocycles. The number of hydrogen-bond donors (Lipinski definition) is 1. The summed E-state index contributed by atoms with van der Waals surface area (Å²) in [5.41, 5.74) is 0.957. The van der Waals surface area contributed by atoms with Crippen LogP contribution in [0.4, 0.5) is 0 Å². The molecule has 3 aromatic rings. The van der Waals surface area contributed by atoms with E-state index in [4.69, 9.17) is 11.6 Å². The quantitative estimate of drug-likeness (QED) is 0.804. The average molecular weight is 306 g/mol. The second-order valence-electron chi connectivity index (χ2n) is 4.51. The Balaban J connectivity index is 1.90. The lowest BCUT2D eigenvalue weighted by atomic mass is 10.2. The van der Waals surface area contributed by atoms with Crippen molar-refractivity contribution in [2.75, 3.05) is 7.05 Å². The van der Waals surface area contributed by atoms with Crippen LogP contribution in [0.1, 0.15) is 15.2 Å². The Morgan fingerprint density at radius 1 is 1.45 bits per heavy atom. The lowest BCUT2D eigenvalue weighted by molar-refractivity contribution is 0.0790. The fourth-order valence-corrected chi connectivity index (χ4v) is 3.54. The summed E-state index contributed by atoms with van der Waals surface area (Å²) in [6.07, 6.45) is 3.48. The first-order chi connectivity index (χ1) is 9.66. The van der Waals surface area contributed by atoms with Gasteiger partial charge in [-0.1, -0.05) is 29.8 Å². The molecule has 6 heteroatoms. The van der Waals surface area contributed by atoms with E-state index in [2.05, 4.69) is 10.2 Å². The van der Waals surface area contributed by atoms with Crippen LogP contribution in [-0.2, 0) is 6.54 Å². The third-order valence-electron chi connectivity index (χ3n) is 3.05. The minimum absolute atomic E-state index is 0.0719. The standard InChI is InChI=1S/C14H12ClN3OS/c1-18(8-9-6-16-17-7-9)14(19)13-12(15)10-4-2-3-5-11(10)20-13/h2-7H,8H2,1H3,(H,16,17). The van der Waals surface area contributed by atoms with Crippen LogP contribution in [0.25, 0.3) is 10.1 Å². The van der Waals surface area contributed by atoms with Crippen molar-refractivity contribution in [2.24, 2.45) is 0 Å². The van der Waals surface area contributed by atoms with Gasteiger partial charge in [-0.05, 0) is 6.07 Å². The number of thiophene rings is 1. The first-order valence-corrected chi connectivity index (χ1v) is 7.26. The molecule has 0 spiro atoms. The highest BCUT2D eigenvalue weighted by atomic mass is 35.5. The van der Waals surface area contributed by atoms with Crippen LogP contribution in [0, 0.1) is 0 Å². The van der Waals surface area contributed by atoms with Gasteiger partial charge in [-0.2, -0.15) is 5.10 Å². The highest BCUT2D eigenvalue weighted by molar-refractivity contribution is 7.21. The predicted molar refractivity (Wildman–Crippen MR) is 81.2 cm³/mol. The summed E-state index contributed by atoms with van der Waals surface area (Å²) < 4.78 is 1.03. The number of carbonyl (C=O) groups excluding carboxylic acids is 1. The van der Waals surface area contributed by atoms with Gasteiger partial charge in [-0.3, -0.25) is 9.89 Å². The molecular weight excluding hydrogens is 294 g/mol. The van der Waals surface area contributed by atoms with Crippen LogP contribution in [-0.4, -0.2) is 28.1 Å². The Labute approximate surface area is 125 Å². The van der Waals surface area contributed by atoms with E-state index >= 15 is 0 Å². The molecule has 0 atom stereocenters. The molecule has 20 heavy (non-hydrogen) atoms. The number of H-pyrrole nitrogens is 1. The first-order valence-electron chi connectivity index (χ1n) is 6.07. The topological polar surface area (TPSA) is 49.0 Å². The summed E-state index contributed by atoms with van der Waals surface area (Å²) >= 11 is 7.75. The number of carbonyl (C=O) groups is 1. The van der Waals surface area contributed by atoms with E-state index in [0.29, 0.717) is 16.4 Å². The lowest BCUT2D eigenvalue weighted by Crippen LogP contribution is -2.25. The fourth-order valence-electron chi connectivity index (χ4n) is 2.03. The largest absolute Gasteiger partial charge is 0.337 e. The zero-order valence-corrected chi connectivity index (χ0v) is 12.3. The van der Waals surface area contributed by atoms with Gasteiger partial charge in [0, 0.05) is 35.4 Å².